The van der Waals surface area contributed by atoms with Crippen LogP contribution in [0.3, 0.4) is 0 Å². The van der Waals surface area contributed by atoms with E-state index in [-0.39, 0.29) is 5.91 Å². The Morgan fingerprint density at radius 1 is 1.53 bits per heavy atom. The van der Waals surface area contributed by atoms with Gasteiger partial charge in [0.25, 0.3) is 5.91 Å². The minimum absolute atomic E-state index is 0.111. The van der Waals surface area contributed by atoms with E-state index in [1.165, 1.54) is 6.26 Å². The third-order valence-corrected chi connectivity index (χ3v) is 3.34. The Balaban J connectivity index is 1.80. The summed E-state index contributed by atoms with van der Waals surface area (Å²) in [5.74, 6) is 0.750. The summed E-state index contributed by atoms with van der Waals surface area (Å²) in [6.07, 6.45) is 4.22. The van der Waals surface area contributed by atoms with Crippen molar-refractivity contribution in [1.29, 1.82) is 0 Å². The van der Waals surface area contributed by atoms with Gasteiger partial charge in [0.05, 0.1) is 11.8 Å². The van der Waals surface area contributed by atoms with E-state index >= 15 is 0 Å². The Labute approximate surface area is 88.2 Å². The summed E-state index contributed by atoms with van der Waals surface area (Å²) in [4.78, 5) is 14.1. The Hall–Kier alpha value is -1.29. The fourth-order valence-corrected chi connectivity index (χ4v) is 2.61. The number of carbonyl (C=O) groups excluding carboxylic acids is 1. The molecule has 3 heterocycles. The SMILES string of the molecule is O=C(c1ccoc1)N1CC2CNCC1C2. The zero-order valence-electron chi connectivity index (χ0n) is 8.48. The molecule has 0 saturated carbocycles. The molecule has 2 unspecified atom stereocenters. The first-order chi connectivity index (χ1) is 7.34. The molecule has 0 aromatic carbocycles. The summed E-state index contributed by atoms with van der Waals surface area (Å²) in [5, 5.41) is 3.36. The van der Waals surface area contributed by atoms with Crippen LogP contribution in [-0.4, -0.2) is 36.5 Å². The molecule has 2 atom stereocenters. The van der Waals surface area contributed by atoms with E-state index < -0.39 is 0 Å². The molecule has 80 valence electrons. The quantitative estimate of drug-likeness (QED) is 0.736. The van der Waals surface area contributed by atoms with Crippen LogP contribution >= 0.6 is 0 Å². The number of hydrogen-bond acceptors (Lipinski definition) is 3. The van der Waals surface area contributed by atoms with Crippen LogP contribution in [0.5, 0.6) is 0 Å². The predicted octanol–water partition coefficient (Wildman–Crippen LogP) is 0.714. The van der Waals surface area contributed by atoms with Gasteiger partial charge in [0.15, 0.2) is 0 Å². The van der Waals surface area contributed by atoms with Gasteiger partial charge in [-0.1, -0.05) is 0 Å². The fraction of sp³-hybridized carbons (Fsp3) is 0.545. The molecule has 2 fully saturated rings. The molecule has 2 aliphatic rings. The van der Waals surface area contributed by atoms with E-state index in [1.54, 1.807) is 12.3 Å². The van der Waals surface area contributed by atoms with Crippen molar-refractivity contribution >= 4 is 5.91 Å². The van der Waals surface area contributed by atoms with Gasteiger partial charge in [0.1, 0.15) is 6.26 Å². The highest BCUT2D eigenvalue weighted by atomic mass is 16.3. The van der Waals surface area contributed by atoms with Gasteiger partial charge in [0.2, 0.25) is 0 Å². The number of furan rings is 1. The van der Waals surface area contributed by atoms with E-state index in [1.807, 2.05) is 4.90 Å². The number of rotatable bonds is 1. The number of amides is 1. The third kappa shape index (κ3) is 1.45. The smallest absolute Gasteiger partial charge is 0.257 e. The van der Waals surface area contributed by atoms with E-state index in [9.17, 15) is 4.79 Å². The zero-order valence-corrected chi connectivity index (χ0v) is 8.48. The van der Waals surface area contributed by atoms with Gasteiger partial charge in [-0.3, -0.25) is 4.79 Å². The van der Waals surface area contributed by atoms with Crippen LogP contribution in [-0.2, 0) is 0 Å². The summed E-state index contributed by atoms with van der Waals surface area (Å²) in [6.45, 7) is 2.87. The summed E-state index contributed by atoms with van der Waals surface area (Å²) in [5.41, 5.74) is 0.669. The van der Waals surface area contributed by atoms with Crippen LogP contribution < -0.4 is 5.32 Å². The molecule has 2 bridgehead atoms. The van der Waals surface area contributed by atoms with Crippen LogP contribution in [0.25, 0.3) is 0 Å². The third-order valence-electron chi connectivity index (χ3n) is 3.34. The summed E-state index contributed by atoms with van der Waals surface area (Å²) in [6, 6.07) is 2.11. The maximum atomic E-state index is 12.1. The van der Waals surface area contributed by atoms with Crippen molar-refractivity contribution in [2.75, 3.05) is 19.6 Å². The van der Waals surface area contributed by atoms with Crippen LogP contribution in [0.1, 0.15) is 16.8 Å². The van der Waals surface area contributed by atoms with E-state index in [0.29, 0.717) is 17.5 Å². The van der Waals surface area contributed by atoms with Gasteiger partial charge < -0.3 is 14.6 Å². The Bertz CT molecular complexity index is 361. The number of fused-ring (bicyclic) bond motifs is 2. The van der Waals surface area contributed by atoms with E-state index in [2.05, 4.69) is 5.32 Å². The van der Waals surface area contributed by atoms with Crippen molar-refractivity contribution in [3.8, 4) is 0 Å². The number of likely N-dealkylation sites (tertiary alicyclic amines) is 1. The monoisotopic (exact) mass is 206 g/mol. The highest BCUT2D eigenvalue weighted by molar-refractivity contribution is 5.94. The summed E-state index contributed by atoms with van der Waals surface area (Å²) < 4.78 is 4.94. The van der Waals surface area contributed by atoms with Crippen molar-refractivity contribution in [2.24, 2.45) is 5.92 Å². The number of nitrogens with zero attached hydrogens (tertiary/aromatic N) is 1. The summed E-state index contributed by atoms with van der Waals surface area (Å²) in [7, 11) is 0. The number of nitrogens with one attached hydrogen (secondary N) is 1. The van der Waals surface area contributed by atoms with E-state index in [0.717, 1.165) is 26.1 Å². The molecule has 0 spiro atoms. The van der Waals surface area contributed by atoms with Gasteiger partial charge in [-0.2, -0.15) is 0 Å². The van der Waals surface area contributed by atoms with Gasteiger partial charge in [-0.25, -0.2) is 0 Å². The average molecular weight is 206 g/mol. The first-order valence-electron chi connectivity index (χ1n) is 5.38. The molecule has 0 radical (unpaired) electrons. The van der Waals surface area contributed by atoms with Gasteiger partial charge in [0, 0.05) is 19.1 Å². The van der Waals surface area contributed by atoms with Crippen molar-refractivity contribution in [3.63, 3.8) is 0 Å². The normalized spacial score (nSPS) is 29.5. The number of carbonyl (C=O) groups is 1. The molecule has 1 aromatic heterocycles. The molecule has 1 amide bonds. The minimum Gasteiger partial charge on any atom is -0.472 e. The molecular formula is C11H14N2O2. The highest BCUT2D eigenvalue weighted by Crippen LogP contribution is 2.27. The molecule has 15 heavy (non-hydrogen) atoms. The molecular weight excluding hydrogens is 192 g/mol. The standard InChI is InChI=1S/C11H14N2O2/c14-11(9-1-2-15-7-9)13-6-8-3-10(13)5-12-4-8/h1-2,7-8,10,12H,3-6H2. The predicted molar refractivity (Wildman–Crippen MR) is 54.5 cm³/mol. The van der Waals surface area contributed by atoms with Crippen LogP contribution in [0.4, 0.5) is 0 Å². The topological polar surface area (TPSA) is 45.5 Å². The lowest BCUT2D eigenvalue weighted by Gasteiger charge is -2.24. The Kier molecular flexibility index (Phi) is 2.02. The maximum Gasteiger partial charge on any atom is 0.257 e. The van der Waals surface area contributed by atoms with E-state index in [4.69, 9.17) is 4.42 Å². The van der Waals surface area contributed by atoms with Crippen LogP contribution in [0.15, 0.2) is 23.0 Å². The Morgan fingerprint density at radius 3 is 3.20 bits per heavy atom. The Morgan fingerprint density at radius 2 is 2.47 bits per heavy atom. The fourth-order valence-electron chi connectivity index (χ4n) is 2.61. The molecule has 4 nitrogen and oxygen atoms in total. The second-order valence-electron chi connectivity index (χ2n) is 4.38. The minimum atomic E-state index is 0.111. The molecule has 2 saturated heterocycles. The van der Waals surface area contributed by atoms with Crippen molar-refractivity contribution in [3.05, 3.63) is 24.2 Å². The first kappa shape index (κ1) is 8.97. The van der Waals surface area contributed by atoms with Gasteiger partial charge in [-0.05, 0) is 24.9 Å². The second-order valence-corrected chi connectivity index (χ2v) is 4.38. The lowest BCUT2D eigenvalue weighted by atomic mass is 10.0. The van der Waals surface area contributed by atoms with Crippen molar-refractivity contribution in [2.45, 2.75) is 12.5 Å². The maximum absolute atomic E-state index is 12.1. The molecule has 4 heteroatoms. The van der Waals surface area contributed by atoms with Crippen LogP contribution in [0, 0.1) is 5.92 Å². The first-order valence-corrected chi connectivity index (χ1v) is 5.38. The zero-order chi connectivity index (χ0) is 10.3. The van der Waals surface area contributed by atoms with Gasteiger partial charge in [-0.15, -0.1) is 0 Å². The second kappa shape index (κ2) is 3.38. The largest absolute Gasteiger partial charge is 0.472 e. The molecule has 1 N–H and O–H groups in total. The van der Waals surface area contributed by atoms with Crippen molar-refractivity contribution in [1.82, 2.24) is 10.2 Å². The average Bonchev–Trinajstić information content (AvgIpc) is 2.86. The number of hydrogen-bond donors (Lipinski definition) is 1. The molecule has 1 aromatic rings. The van der Waals surface area contributed by atoms with Gasteiger partial charge >= 0.3 is 0 Å². The molecule has 2 aliphatic heterocycles. The van der Waals surface area contributed by atoms with Crippen molar-refractivity contribution < 1.29 is 9.21 Å². The summed E-state index contributed by atoms with van der Waals surface area (Å²) >= 11 is 0. The molecule has 0 aliphatic carbocycles. The highest BCUT2D eigenvalue weighted by Gasteiger charge is 2.38. The lowest BCUT2D eigenvalue weighted by Crippen LogP contribution is -2.41. The molecule has 3 rings (SSSR count). The number of piperidine rings is 1. The van der Waals surface area contributed by atoms with Crippen LogP contribution in [0.2, 0.25) is 0 Å². The lowest BCUT2D eigenvalue weighted by molar-refractivity contribution is 0.0739.